The minimum absolute atomic E-state index is 0.122. The second kappa shape index (κ2) is 18.4. The molecule has 168 valence electrons. The van der Waals surface area contributed by atoms with E-state index in [0.717, 1.165) is 50.7 Å². The lowest BCUT2D eigenvalue weighted by molar-refractivity contribution is -0.642. The molecule has 0 aromatic heterocycles. The molecule has 0 radical (unpaired) electrons. The van der Waals surface area contributed by atoms with Crippen LogP contribution in [0, 0.1) is 0 Å². The van der Waals surface area contributed by atoms with E-state index >= 15 is 0 Å². The lowest BCUT2D eigenvalue weighted by Gasteiger charge is -2.18. The monoisotopic (exact) mass is 432 g/mol. The summed E-state index contributed by atoms with van der Waals surface area (Å²) in [6.45, 7) is 2.52. The highest BCUT2D eigenvalue weighted by atomic mass is 31.2. The molecule has 11 nitrogen and oxygen atoms in total. The highest BCUT2D eigenvalue weighted by molar-refractivity contribution is 7.45. The number of phosphoric acid groups is 1. The predicted molar refractivity (Wildman–Crippen MR) is 96.4 cm³/mol. The molecule has 0 spiro atoms. The van der Waals surface area contributed by atoms with Gasteiger partial charge in [-0.25, -0.2) is 14.3 Å². The van der Waals surface area contributed by atoms with Crippen LogP contribution in [-0.2, 0) is 39.2 Å². The van der Waals surface area contributed by atoms with Crippen LogP contribution in [0.1, 0.15) is 71.1 Å². The fourth-order valence-electron chi connectivity index (χ4n) is 2.31. The summed E-state index contributed by atoms with van der Waals surface area (Å²) in [6.07, 6.45) is 12.2. The second-order valence-corrected chi connectivity index (χ2v) is 7.09. The van der Waals surface area contributed by atoms with Gasteiger partial charge >= 0.3 is 7.82 Å². The molecule has 1 aliphatic carbocycles. The van der Waals surface area contributed by atoms with Gasteiger partial charge in [-0.3, -0.25) is 0 Å². The molecule has 1 saturated carbocycles. The third kappa shape index (κ3) is 21.7. The van der Waals surface area contributed by atoms with Gasteiger partial charge in [0, 0.05) is 6.42 Å². The quantitative estimate of drug-likeness (QED) is 0.122. The number of allylic oxidation sites excluding steroid dienone is 2. The molecular formula is C16H33O11P. The fourth-order valence-corrected chi connectivity index (χ4v) is 2.31. The molecule has 0 saturated heterocycles. The minimum Gasteiger partial charge on any atom is -0.313 e. The maximum Gasteiger partial charge on any atom is 0.466 e. The van der Waals surface area contributed by atoms with E-state index in [2.05, 4.69) is 26.9 Å². The van der Waals surface area contributed by atoms with Crippen molar-refractivity contribution in [3.05, 3.63) is 11.8 Å². The molecule has 28 heavy (non-hydrogen) atoms. The Hall–Kier alpha value is -0.590. The minimum atomic E-state index is -4.64. The maximum atomic E-state index is 8.88. The Balaban J connectivity index is 0.00000129. The molecule has 0 aromatic rings. The molecule has 1 fully saturated rings. The summed E-state index contributed by atoms with van der Waals surface area (Å²) in [6, 6.07) is 0. The van der Waals surface area contributed by atoms with E-state index in [4.69, 9.17) is 33.9 Å². The SMILES string of the molecule is CCCC=C(CCCCOOOOC1CCCCC1)OOOC.O=P(O)(O)O. The topological polar surface area (TPSA) is 142 Å². The summed E-state index contributed by atoms with van der Waals surface area (Å²) >= 11 is 0. The molecule has 3 N–H and O–H groups in total. The van der Waals surface area contributed by atoms with Crippen molar-refractivity contribution in [3.8, 4) is 0 Å². The number of hydrogen-bond donors (Lipinski definition) is 3. The van der Waals surface area contributed by atoms with Gasteiger partial charge in [-0.1, -0.05) is 32.6 Å². The Kier molecular flexibility index (Phi) is 18.1. The van der Waals surface area contributed by atoms with Crippen molar-refractivity contribution in [2.75, 3.05) is 13.7 Å². The Labute approximate surface area is 165 Å². The van der Waals surface area contributed by atoms with Crippen LogP contribution in [-0.4, -0.2) is 34.5 Å². The van der Waals surface area contributed by atoms with E-state index < -0.39 is 7.82 Å². The summed E-state index contributed by atoms with van der Waals surface area (Å²) in [7, 11) is -3.24. The molecule has 0 atom stereocenters. The average molecular weight is 432 g/mol. The summed E-state index contributed by atoms with van der Waals surface area (Å²) in [4.78, 5) is 41.0. The van der Waals surface area contributed by atoms with Crippen LogP contribution >= 0.6 is 7.82 Å². The van der Waals surface area contributed by atoms with Crippen molar-refractivity contribution in [2.24, 2.45) is 0 Å². The van der Waals surface area contributed by atoms with Gasteiger partial charge in [0.2, 0.25) is 0 Å². The van der Waals surface area contributed by atoms with E-state index in [-0.39, 0.29) is 6.10 Å². The maximum absolute atomic E-state index is 8.88. The summed E-state index contributed by atoms with van der Waals surface area (Å²) in [5.74, 6) is 0.756. The van der Waals surface area contributed by atoms with Crippen LogP contribution < -0.4 is 0 Å². The fraction of sp³-hybridized carbons (Fsp3) is 0.875. The molecule has 1 rings (SSSR count). The molecule has 12 heteroatoms. The summed E-state index contributed by atoms with van der Waals surface area (Å²) in [5, 5.41) is 13.7. The van der Waals surface area contributed by atoms with Crippen molar-refractivity contribution in [1.82, 2.24) is 0 Å². The van der Waals surface area contributed by atoms with E-state index in [1.165, 1.54) is 26.4 Å². The van der Waals surface area contributed by atoms with Crippen LogP contribution in [0.5, 0.6) is 0 Å². The molecule has 0 aliphatic heterocycles. The van der Waals surface area contributed by atoms with Crippen LogP contribution in [0.25, 0.3) is 0 Å². The third-order valence-electron chi connectivity index (χ3n) is 3.57. The summed E-state index contributed by atoms with van der Waals surface area (Å²) in [5.41, 5.74) is 0. The molecule has 0 amide bonds. The Morgan fingerprint density at radius 3 is 2.36 bits per heavy atom. The zero-order valence-corrected chi connectivity index (χ0v) is 17.4. The van der Waals surface area contributed by atoms with Crippen molar-refractivity contribution in [1.29, 1.82) is 0 Å². The van der Waals surface area contributed by atoms with Gasteiger partial charge in [-0.2, -0.15) is 4.89 Å². The molecule has 1 aliphatic rings. The van der Waals surface area contributed by atoms with Gasteiger partial charge in [0.05, 0.1) is 19.8 Å². The van der Waals surface area contributed by atoms with Gasteiger partial charge in [0.15, 0.2) is 0 Å². The standard InChI is InChI=1S/C16H30O7.H3O4P/c1-3-4-10-15(19-21-17-2)13-8-9-14-18-22-23-20-16-11-6-5-7-12-16;1-5(2,3)4/h10,16H,3-9,11-14H2,1-2H3;(H3,1,2,3,4). The van der Waals surface area contributed by atoms with Crippen molar-refractivity contribution < 1.29 is 53.9 Å². The first kappa shape index (κ1) is 27.4. The van der Waals surface area contributed by atoms with Crippen molar-refractivity contribution in [3.63, 3.8) is 0 Å². The molecule has 0 heterocycles. The first-order valence-corrected chi connectivity index (χ1v) is 10.9. The van der Waals surface area contributed by atoms with E-state index in [0.29, 0.717) is 6.61 Å². The highest BCUT2D eigenvalue weighted by Gasteiger charge is 2.15. The Bertz CT molecular complexity index is 413. The van der Waals surface area contributed by atoms with Crippen molar-refractivity contribution in [2.45, 2.75) is 77.2 Å². The molecular weight excluding hydrogens is 399 g/mol. The van der Waals surface area contributed by atoms with E-state index in [9.17, 15) is 0 Å². The number of hydrogen-bond acceptors (Lipinski definition) is 8. The van der Waals surface area contributed by atoms with Gasteiger partial charge in [-0.05, 0) is 53.3 Å². The van der Waals surface area contributed by atoms with Gasteiger partial charge in [0.1, 0.15) is 5.76 Å². The molecule has 0 aromatic carbocycles. The van der Waals surface area contributed by atoms with Gasteiger partial charge < -0.3 is 19.6 Å². The summed E-state index contributed by atoms with van der Waals surface area (Å²) < 4.78 is 8.88. The largest absolute Gasteiger partial charge is 0.466 e. The first-order valence-electron chi connectivity index (χ1n) is 9.33. The van der Waals surface area contributed by atoms with Crippen LogP contribution in [0.4, 0.5) is 0 Å². The zero-order valence-electron chi connectivity index (χ0n) is 16.5. The zero-order chi connectivity index (χ0) is 21.1. The molecule has 0 unspecified atom stereocenters. The van der Waals surface area contributed by atoms with Crippen molar-refractivity contribution >= 4 is 7.82 Å². The lowest BCUT2D eigenvalue weighted by Crippen LogP contribution is -2.17. The van der Waals surface area contributed by atoms with Crippen LogP contribution in [0.3, 0.4) is 0 Å². The average Bonchev–Trinajstić information content (AvgIpc) is 2.65. The smallest absolute Gasteiger partial charge is 0.313 e. The Morgan fingerprint density at radius 1 is 1.07 bits per heavy atom. The predicted octanol–water partition coefficient (Wildman–Crippen LogP) is 3.57. The third-order valence-corrected chi connectivity index (χ3v) is 3.57. The van der Waals surface area contributed by atoms with E-state index in [1.807, 2.05) is 6.08 Å². The number of rotatable bonds is 14. The van der Waals surface area contributed by atoms with Gasteiger partial charge in [-0.15, -0.1) is 0 Å². The normalized spacial score (nSPS) is 15.8. The highest BCUT2D eigenvalue weighted by Crippen LogP contribution is 2.25. The first-order chi connectivity index (χ1) is 13.4. The Morgan fingerprint density at radius 2 is 1.75 bits per heavy atom. The van der Waals surface area contributed by atoms with E-state index in [1.54, 1.807) is 0 Å². The van der Waals surface area contributed by atoms with Crippen LogP contribution in [0.15, 0.2) is 11.8 Å². The van der Waals surface area contributed by atoms with Gasteiger partial charge in [0.25, 0.3) is 0 Å². The van der Waals surface area contributed by atoms with Crippen LogP contribution in [0.2, 0.25) is 0 Å². The second-order valence-electron chi connectivity index (χ2n) is 6.06. The molecule has 0 bridgehead atoms. The lowest BCUT2D eigenvalue weighted by atomic mass is 9.98. The number of unbranched alkanes of at least 4 members (excludes halogenated alkanes) is 2.